The van der Waals surface area contributed by atoms with Crippen LogP contribution < -0.4 is 5.56 Å². The highest BCUT2D eigenvalue weighted by molar-refractivity contribution is 7.17. The second kappa shape index (κ2) is 8.80. The Morgan fingerprint density at radius 2 is 1.90 bits per heavy atom. The Morgan fingerprint density at radius 3 is 2.57 bits per heavy atom. The second-order valence-corrected chi connectivity index (χ2v) is 8.75. The number of aromatic hydroxyl groups is 1. The van der Waals surface area contributed by atoms with Gasteiger partial charge >= 0.3 is 0 Å². The van der Waals surface area contributed by atoms with Gasteiger partial charge in [-0.3, -0.25) is 4.79 Å². The van der Waals surface area contributed by atoms with E-state index in [1.807, 2.05) is 18.4 Å². The average molecular weight is 443 g/mol. The first-order chi connectivity index (χ1) is 13.9. The van der Waals surface area contributed by atoms with Crippen molar-refractivity contribution in [3.63, 3.8) is 0 Å². The van der Waals surface area contributed by atoms with Crippen molar-refractivity contribution in [3.05, 3.63) is 63.3 Å². The highest BCUT2D eigenvalue weighted by Crippen LogP contribution is 2.41. The molecule has 0 aliphatic heterocycles. The summed E-state index contributed by atoms with van der Waals surface area (Å²) in [4.78, 5) is 17.8. The van der Waals surface area contributed by atoms with Crippen molar-refractivity contribution in [2.75, 3.05) is 20.1 Å². The van der Waals surface area contributed by atoms with Gasteiger partial charge in [0.05, 0.1) is 5.52 Å². The molecule has 0 aliphatic rings. The largest absolute Gasteiger partial charge is 0.507 e. The van der Waals surface area contributed by atoms with Gasteiger partial charge in [-0.15, -0.1) is 23.7 Å². The minimum atomic E-state index is -0.0774. The topological polar surface area (TPSA) is 56.3 Å². The molecule has 0 unspecified atom stereocenters. The fraction of sp³-hybridized carbons (Fsp3) is 0.292. The molecule has 30 heavy (non-hydrogen) atoms. The number of rotatable bonds is 5. The molecule has 1 atom stereocenters. The van der Waals surface area contributed by atoms with Gasteiger partial charge in [-0.2, -0.15) is 0 Å². The summed E-state index contributed by atoms with van der Waals surface area (Å²) in [7, 11) is 2.13. The van der Waals surface area contributed by atoms with E-state index in [4.69, 9.17) is 0 Å². The molecule has 4 rings (SSSR count). The summed E-state index contributed by atoms with van der Waals surface area (Å²) in [5.41, 5.74) is 4.57. The quantitative estimate of drug-likeness (QED) is 0.404. The number of hydrogen-bond donors (Lipinski definition) is 2. The van der Waals surface area contributed by atoms with Crippen LogP contribution in [0, 0.1) is 6.92 Å². The van der Waals surface area contributed by atoms with Gasteiger partial charge in [0.1, 0.15) is 10.4 Å². The molecule has 2 aromatic carbocycles. The number of nitrogens with one attached hydrogen (secondary N) is 1. The van der Waals surface area contributed by atoms with E-state index in [9.17, 15) is 9.90 Å². The third-order valence-electron chi connectivity index (χ3n) is 5.78. The zero-order valence-corrected chi connectivity index (χ0v) is 19.3. The Labute approximate surface area is 186 Å². The molecule has 0 radical (unpaired) electrons. The summed E-state index contributed by atoms with van der Waals surface area (Å²) in [6.07, 6.45) is 0. The first kappa shape index (κ1) is 22.3. The van der Waals surface area contributed by atoms with E-state index in [0.29, 0.717) is 10.6 Å². The maximum Gasteiger partial charge on any atom is 0.266 e. The zero-order valence-electron chi connectivity index (χ0n) is 17.7. The first-order valence-electron chi connectivity index (χ1n) is 9.95. The number of benzene rings is 2. The van der Waals surface area contributed by atoms with Crippen molar-refractivity contribution in [3.8, 4) is 16.9 Å². The van der Waals surface area contributed by atoms with E-state index >= 15 is 0 Å². The highest BCUT2D eigenvalue weighted by Gasteiger charge is 2.18. The average Bonchev–Trinajstić information content (AvgIpc) is 3.20. The van der Waals surface area contributed by atoms with Crippen LogP contribution in [0.1, 0.15) is 30.9 Å². The van der Waals surface area contributed by atoms with Gasteiger partial charge in [-0.25, -0.2) is 0 Å². The predicted molar refractivity (Wildman–Crippen MR) is 131 cm³/mol. The van der Waals surface area contributed by atoms with Gasteiger partial charge in [-0.1, -0.05) is 38.1 Å². The van der Waals surface area contributed by atoms with Crippen LogP contribution in [0.5, 0.6) is 5.75 Å². The fourth-order valence-electron chi connectivity index (χ4n) is 4.05. The molecule has 0 saturated heterocycles. The predicted octanol–water partition coefficient (Wildman–Crippen LogP) is 5.90. The number of aromatic amines is 1. The lowest BCUT2D eigenvalue weighted by Crippen LogP contribution is -2.22. The molecule has 0 fully saturated rings. The van der Waals surface area contributed by atoms with E-state index < -0.39 is 0 Å². The van der Waals surface area contributed by atoms with Crippen LogP contribution in [0.4, 0.5) is 0 Å². The number of halogens is 1. The number of phenols is 1. The van der Waals surface area contributed by atoms with Gasteiger partial charge in [0.2, 0.25) is 0 Å². The standard InChI is InChI=1S/C24H26N2O2S.ClH/c1-5-26(4)13-15(3)16-6-8-17(9-7-16)20-19(27)12-14(2)22-21(20)18-10-11-29-23(18)24(28)25-22;/h6-12,15,27H,5,13H2,1-4H3,(H,25,28);1H/t15-;/m0./s1. The van der Waals surface area contributed by atoms with Crippen molar-refractivity contribution >= 4 is 44.7 Å². The number of likely N-dealkylation sites (N-methyl/N-ethyl adjacent to an activating group) is 1. The Balaban J connectivity index is 0.00000256. The van der Waals surface area contributed by atoms with E-state index in [-0.39, 0.29) is 23.7 Å². The number of phenolic OH excluding ortho intramolecular Hbond substituents is 1. The molecule has 2 aromatic heterocycles. The maximum absolute atomic E-state index is 12.5. The van der Waals surface area contributed by atoms with Crippen molar-refractivity contribution in [2.24, 2.45) is 0 Å². The smallest absolute Gasteiger partial charge is 0.266 e. The number of aryl methyl sites for hydroxylation is 1. The number of hydrogen-bond acceptors (Lipinski definition) is 4. The van der Waals surface area contributed by atoms with Crippen LogP contribution >= 0.6 is 23.7 Å². The van der Waals surface area contributed by atoms with Crippen LogP contribution in [-0.2, 0) is 0 Å². The summed E-state index contributed by atoms with van der Waals surface area (Å²) >= 11 is 1.43. The van der Waals surface area contributed by atoms with Gasteiger partial charge in [-0.05, 0) is 60.6 Å². The summed E-state index contributed by atoms with van der Waals surface area (Å²) in [5, 5.41) is 14.6. The summed E-state index contributed by atoms with van der Waals surface area (Å²) < 4.78 is 0.691. The molecule has 0 aliphatic carbocycles. The number of nitrogens with zero attached hydrogens (tertiary/aromatic N) is 1. The number of thiophene rings is 1. The van der Waals surface area contributed by atoms with Gasteiger partial charge in [0.15, 0.2) is 0 Å². The molecule has 0 amide bonds. The van der Waals surface area contributed by atoms with Crippen LogP contribution in [0.15, 0.2) is 46.6 Å². The molecule has 0 spiro atoms. The van der Waals surface area contributed by atoms with E-state index in [0.717, 1.165) is 46.1 Å². The molecule has 158 valence electrons. The monoisotopic (exact) mass is 442 g/mol. The lowest BCUT2D eigenvalue weighted by atomic mass is 9.93. The van der Waals surface area contributed by atoms with Gasteiger partial charge in [0.25, 0.3) is 5.56 Å². The number of pyridine rings is 1. The van der Waals surface area contributed by atoms with E-state index in [1.54, 1.807) is 6.07 Å². The van der Waals surface area contributed by atoms with Crippen molar-refractivity contribution < 1.29 is 5.11 Å². The summed E-state index contributed by atoms with van der Waals surface area (Å²) in [5.74, 6) is 0.665. The molecule has 4 aromatic rings. The van der Waals surface area contributed by atoms with Crippen molar-refractivity contribution in [1.29, 1.82) is 0 Å². The Bertz CT molecular complexity index is 1240. The van der Waals surface area contributed by atoms with Gasteiger partial charge < -0.3 is 15.0 Å². The molecule has 0 bridgehead atoms. The van der Waals surface area contributed by atoms with Crippen molar-refractivity contribution in [2.45, 2.75) is 26.7 Å². The summed E-state index contributed by atoms with van der Waals surface area (Å²) in [6, 6.07) is 12.1. The van der Waals surface area contributed by atoms with E-state index in [1.165, 1.54) is 16.9 Å². The third-order valence-corrected chi connectivity index (χ3v) is 6.69. The van der Waals surface area contributed by atoms with Crippen LogP contribution in [0.25, 0.3) is 32.1 Å². The van der Waals surface area contributed by atoms with Gasteiger partial charge in [0, 0.05) is 22.9 Å². The van der Waals surface area contributed by atoms with Crippen LogP contribution in [0.3, 0.4) is 0 Å². The molecule has 2 heterocycles. The normalized spacial score (nSPS) is 12.4. The Kier molecular flexibility index (Phi) is 6.56. The molecule has 2 N–H and O–H groups in total. The zero-order chi connectivity index (χ0) is 20.7. The number of H-pyrrole nitrogens is 1. The summed E-state index contributed by atoms with van der Waals surface area (Å²) in [6.45, 7) is 8.34. The number of aromatic nitrogens is 1. The third kappa shape index (κ3) is 3.85. The molecular weight excluding hydrogens is 416 g/mol. The molecule has 4 nitrogen and oxygen atoms in total. The Hall–Kier alpha value is -2.34. The van der Waals surface area contributed by atoms with E-state index in [2.05, 4.69) is 55.0 Å². The number of fused-ring (bicyclic) bond motifs is 3. The lowest BCUT2D eigenvalue weighted by Gasteiger charge is -2.20. The molecule has 0 saturated carbocycles. The first-order valence-corrected chi connectivity index (χ1v) is 10.8. The molecule has 6 heteroatoms. The highest BCUT2D eigenvalue weighted by atomic mass is 35.5. The van der Waals surface area contributed by atoms with Crippen molar-refractivity contribution in [1.82, 2.24) is 9.88 Å². The second-order valence-electron chi connectivity index (χ2n) is 7.83. The van der Waals surface area contributed by atoms with Crippen LogP contribution in [0.2, 0.25) is 0 Å². The van der Waals surface area contributed by atoms with Crippen LogP contribution in [-0.4, -0.2) is 35.1 Å². The lowest BCUT2D eigenvalue weighted by molar-refractivity contribution is 0.333. The molecular formula is C24H27ClN2O2S. The SMILES string of the molecule is CCN(C)C[C@H](C)c1ccc(-c2c(O)cc(C)c3[nH]c(=O)c4sccc4c23)cc1.Cl. The minimum absolute atomic E-state index is 0. The Morgan fingerprint density at radius 1 is 1.20 bits per heavy atom. The fourth-order valence-corrected chi connectivity index (χ4v) is 4.85. The minimum Gasteiger partial charge on any atom is -0.507 e. The maximum atomic E-state index is 12.5.